The zero-order valence-corrected chi connectivity index (χ0v) is 6.57. The van der Waals surface area contributed by atoms with Gasteiger partial charge < -0.3 is 0 Å². The first kappa shape index (κ1) is 8.48. The largest absolute Gasteiger partial charge is 0.0917 e. The van der Waals surface area contributed by atoms with Crippen LogP contribution in [0.25, 0.3) is 0 Å². The van der Waals surface area contributed by atoms with E-state index in [0.29, 0.717) is 0 Å². The lowest BCUT2D eigenvalue weighted by Crippen LogP contribution is -1.73. The van der Waals surface area contributed by atoms with Crippen molar-refractivity contribution in [2.75, 3.05) is 0 Å². The van der Waals surface area contributed by atoms with E-state index in [0.717, 1.165) is 12.8 Å². The zero-order chi connectivity index (χ0) is 7.11. The van der Waals surface area contributed by atoms with Crippen molar-refractivity contribution in [3.8, 4) is 0 Å². The van der Waals surface area contributed by atoms with Gasteiger partial charge >= 0.3 is 0 Å². The number of rotatable bonds is 3. The van der Waals surface area contributed by atoms with E-state index in [2.05, 4.69) is 32.1 Å². The molecule has 0 fully saturated rings. The van der Waals surface area contributed by atoms with Gasteiger partial charge in [0, 0.05) is 0 Å². The van der Waals surface area contributed by atoms with Crippen LogP contribution in [0.4, 0.5) is 0 Å². The second-order valence-electron chi connectivity index (χ2n) is 2.14. The van der Waals surface area contributed by atoms with Crippen molar-refractivity contribution in [1.29, 1.82) is 0 Å². The second kappa shape index (κ2) is 5.61. The standard InChI is InChI=1S/C9H15/c1-4-6-7-8-9(3)5-2/h4,6H,7-8H2,1-3H3/b6-4+,9-5?. The molecule has 0 N–H and O–H groups in total. The van der Waals surface area contributed by atoms with E-state index in [1.807, 2.05) is 6.92 Å². The summed E-state index contributed by atoms with van der Waals surface area (Å²) in [4.78, 5) is 0. The van der Waals surface area contributed by atoms with Gasteiger partial charge in [-0.1, -0.05) is 17.7 Å². The SMILES string of the molecule is C/[C]=C(/C)CC/C=C/C. The first-order valence-electron chi connectivity index (χ1n) is 3.42. The third-order valence-electron chi connectivity index (χ3n) is 1.35. The Morgan fingerprint density at radius 3 is 2.67 bits per heavy atom. The molecule has 0 spiro atoms. The molecule has 0 aliphatic rings. The van der Waals surface area contributed by atoms with E-state index in [1.165, 1.54) is 5.57 Å². The molecule has 0 heterocycles. The van der Waals surface area contributed by atoms with Crippen LogP contribution in [-0.4, -0.2) is 0 Å². The minimum atomic E-state index is 1.15. The van der Waals surface area contributed by atoms with Gasteiger partial charge in [0.05, 0.1) is 0 Å². The molecule has 0 saturated carbocycles. The summed E-state index contributed by atoms with van der Waals surface area (Å²) in [5.41, 5.74) is 1.35. The minimum absolute atomic E-state index is 1.15. The van der Waals surface area contributed by atoms with Crippen molar-refractivity contribution in [3.63, 3.8) is 0 Å². The third-order valence-corrected chi connectivity index (χ3v) is 1.35. The molecule has 9 heavy (non-hydrogen) atoms. The number of hydrogen-bond donors (Lipinski definition) is 0. The molecule has 0 nitrogen and oxygen atoms in total. The number of hydrogen-bond acceptors (Lipinski definition) is 0. The van der Waals surface area contributed by atoms with E-state index >= 15 is 0 Å². The van der Waals surface area contributed by atoms with Crippen LogP contribution in [0, 0.1) is 6.08 Å². The normalized spacial score (nSPS) is 13.0. The fourth-order valence-corrected chi connectivity index (χ4v) is 0.592. The highest BCUT2D eigenvalue weighted by molar-refractivity contribution is 4.93. The van der Waals surface area contributed by atoms with Crippen molar-refractivity contribution < 1.29 is 0 Å². The molecular formula is C9H15. The summed E-state index contributed by atoms with van der Waals surface area (Å²) in [6.45, 7) is 6.13. The van der Waals surface area contributed by atoms with E-state index in [4.69, 9.17) is 0 Å². The average Bonchev–Trinajstić information content (AvgIpc) is 1.89. The van der Waals surface area contributed by atoms with Gasteiger partial charge in [-0.15, -0.1) is 0 Å². The third kappa shape index (κ3) is 5.35. The molecule has 0 rings (SSSR count). The van der Waals surface area contributed by atoms with Crippen molar-refractivity contribution in [2.24, 2.45) is 0 Å². The molecule has 0 aliphatic heterocycles. The molecule has 0 aromatic carbocycles. The van der Waals surface area contributed by atoms with Gasteiger partial charge in [-0.2, -0.15) is 0 Å². The molecule has 0 saturated heterocycles. The first-order valence-corrected chi connectivity index (χ1v) is 3.42. The van der Waals surface area contributed by atoms with Crippen LogP contribution in [0.5, 0.6) is 0 Å². The fraction of sp³-hybridized carbons (Fsp3) is 0.556. The van der Waals surface area contributed by atoms with Gasteiger partial charge in [-0.05, 0) is 39.7 Å². The van der Waals surface area contributed by atoms with Crippen LogP contribution in [0.3, 0.4) is 0 Å². The Balaban J connectivity index is 3.28. The Morgan fingerprint density at radius 2 is 2.22 bits per heavy atom. The molecule has 0 aromatic heterocycles. The van der Waals surface area contributed by atoms with Crippen LogP contribution in [0.2, 0.25) is 0 Å². The van der Waals surface area contributed by atoms with Crippen LogP contribution in [-0.2, 0) is 0 Å². The molecule has 0 aliphatic carbocycles. The molecule has 51 valence electrons. The fourth-order valence-electron chi connectivity index (χ4n) is 0.592. The van der Waals surface area contributed by atoms with Crippen LogP contribution in [0.15, 0.2) is 17.7 Å². The minimum Gasteiger partial charge on any atom is -0.0917 e. The molecule has 0 unspecified atom stereocenters. The molecule has 0 aromatic rings. The van der Waals surface area contributed by atoms with E-state index in [1.54, 1.807) is 0 Å². The smallest absolute Gasteiger partial charge is 0.0283 e. The van der Waals surface area contributed by atoms with Crippen LogP contribution in [0.1, 0.15) is 33.6 Å². The van der Waals surface area contributed by atoms with Crippen molar-refractivity contribution in [3.05, 3.63) is 23.8 Å². The van der Waals surface area contributed by atoms with E-state index in [9.17, 15) is 0 Å². The average molecular weight is 123 g/mol. The highest BCUT2D eigenvalue weighted by Crippen LogP contribution is 2.02. The molecule has 0 amide bonds. The van der Waals surface area contributed by atoms with Gasteiger partial charge in [-0.3, -0.25) is 0 Å². The van der Waals surface area contributed by atoms with Gasteiger partial charge in [-0.25, -0.2) is 0 Å². The summed E-state index contributed by atoms with van der Waals surface area (Å²) in [5, 5.41) is 0. The highest BCUT2D eigenvalue weighted by Gasteiger charge is 1.83. The second-order valence-corrected chi connectivity index (χ2v) is 2.14. The van der Waals surface area contributed by atoms with Crippen LogP contribution >= 0.6 is 0 Å². The van der Waals surface area contributed by atoms with E-state index in [-0.39, 0.29) is 0 Å². The Labute approximate surface area is 58.3 Å². The predicted octanol–water partition coefficient (Wildman–Crippen LogP) is 3.11. The van der Waals surface area contributed by atoms with Crippen molar-refractivity contribution in [1.82, 2.24) is 0 Å². The summed E-state index contributed by atoms with van der Waals surface area (Å²) in [6.07, 6.45) is 9.68. The molecule has 1 radical (unpaired) electrons. The lowest BCUT2D eigenvalue weighted by molar-refractivity contribution is 0.966. The monoisotopic (exact) mass is 123 g/mol. The van der Waals surface area contributed by atoms with Crippen molar-refractivity contribution >= 4 is 0 Å². The molecular weight excluding hydrogens is 108 g/mol. The summed E-state index contributed by atoms with van der Waals surface area (Å²) >= 11 is 0. The van der Waals surface area contributed by atoms with E-state index < -0.39 is 0 Å². The molecule has 0 bridgehead atoms. The summed E-state index contributed by atoms with van der Waals surface area (Å²) in [6, 6.07) is 0. The summed E-state index contributed by atoms with van der Waals surface area (Å²) in [5.74, 6) is 0. The lowest BCUT2D eigenvalue weighted by Gasteiger charge is -1.92. The van der Waals surface area contributed by atoms with Gasteiger partial charge in [0.2, 0.25) is 0 Å². The van der Waals surface area contributed by atoms with Gasteiger partial charge in [0.15, 0.2) is 0 Å². The van der Waals surface area contributed by atoms with Crippen LogP contribution < -0.4 is 0 Å². The predicted molar refractivity (Wildman–Crippen MR) is 42.2 cm³/mol. The zero-order valence-electron chi connectivity index (χ0n) is 6.57. The van der Waals surface area contributed by atoms with Crippen molar-refractivity contribution in [2.45, 2.75) is 33.6 Å². The Kier molecular flexibility index (Phi) is 5.29. The summed E-state index contributed by atoms with van der Waals surface area (Å²) < 4.78 is 0. The highest BCUT2D eigenvalue weighted by atomic mass is 13.9. The lowest BCUT2D eigenvalue weighted by atomic mass is 10.1. The maximum absolute atomic E-state index is 3.11. The summed E-state index contributed by atoms with van der Waals surface area (Å²) in [7, 11) is 0. The maximum atomic E-state index is 3.11. The maximum Gasteiger partial charge on any atom is -0.0283 e. The quantitative estimate of drug-likeness (QED) is 0.506. The molecule has 0 atom stereocenters. The topological polar surface area (TPSA) is 0 Å². The molecule has 0 heteroatoms. The Morgan fingerprint density at radius 1 is 1.56 bits per heavy atom. The Hall–Kier alpha value is -0.520. The van der Waals surface area contributed by atoms with Gasteiger partial charge in [0.1, 0.15) is 0 Å². The van der Waals surface area contributed by atoms with Gasteiger partial charge in [0.25, 0.3) is 0 Å². The Bertz CT molecular complexity index is 107. The number of allylic oxidation sites excluding steroid dienone is 4. The first-order chi connectivity index (χ1) is 4.31.